The van der Waals surface area contributed by atoms with Crippen molar-refractivity contribution in [2.45, 2.75) is 44.6 Å². The number of nitrogens with zero attached hydrogens (tertiary/aromatic N) is 3. The van der Waals surface area contributed by atoms with Gasteiger partial charge in [0.15, 0.2) is 18.1 Å². The molecule has 0 amide bonds. The van der Waals surface area contributed by atoms with Crippen molar-refractivity contribution in [2.75, 3.05) is 12.3 Å². The topological polar surface area (TPSA) is 136 Å². The van der Waals surface area contributed by atoms with Gasteiger partial charge in [-0.3, -0.25) is 9.59 Å². The summed E-state index contributed by atoms with van der Waals surface area (Å²) in [5.41, 5.74) is 5.09. The largest absolute Gasteiger partial charge is 0.463 e. The summed E-state index contributed by atoms with van der Waals surface area (Å²) in [6.07, 6.45) is -2.84. The van der Waals surface area contributed by atoms with Crippen LogP contribution in [0, 0.1) is 6.92 Å². The van der Waals surface area contributed by atoms with Crippen LogP contribution in [0.1, 0.15) is 25.8 Å². The molecule has 0 aliphatic carbocycles. The van der Waals surface area contributed by atoms with E-state index in [2.05, 4.69) is 10.1 Å². The number of anilines is 1. The molecule has 0 unspecified atom stereocenters. The van der Waals surface area contributed by atoms with Crippen LogP contribution in [0.2, 0.25) is 0 Å². The summed E-state index contributed by atoms with van der Waals surface area (Å²) in [6, 6.07) is 0. The predicted octanol–water partition coefficient (Wildman–Crippen LogP) is -0.471. The lowest BCUT2D eigenvalue weighted by molar-refractivity contribution is -0.155. The van der Waals surface area contributed by atoms with Crippen molar-refractivity contribution in [1.29, 1.82) is 0 Å². The third-order valence-electron chi connectivity index (χ3n) is 3.30. The van der Waals surface area contributed by atoms with Crippen molar-refractivity contribution in [3.05, 3.63) is 16.2 Å². The van der Waals surface area contributed by atoms with Crippen LogP contribution >= 0.6 is 11.6 Å². The standard InChI is InChI=1S/C13H17ClN4O6/c1-5-11(15)16-13(21)18(17-5)12-9(14)10(23-7(3)20)8(24-12)4-22-6(2)19/h8-10,12H,4H2,1-3H3,(H2,15,16,21)/t8-,9-,10-,12-/m1/s1. The molecule has 2 heterocycles. The minimum absolute atomic E-state index is 0.00614. The number of carbonyl (C=O) groups is 2. The number of ether oxygens (including phenoxy) is 3. The Balaban J connectivity index is 2.31. The number of carbonyl (C=O) groups excluding carboxylic acids is 2. The van der Waals surface area contributed by atoms with Crippen LogP contribution in [0.3, 0.4) is 0 Å². The first-order valence-electron chi connectivity index (χ1n) is 7.03. The number of hydrogen-bond acceptors (Lipinski definition) is 9. The summed E-state index contributed by atoms with van der Waals surface area (Å²) in [5.74, 6) is -1.13. The molecular weight excluding hydrogens is 344 g/mol. The number of aryl methyl sites for hydroxylation is 1. The van der Waals surface area contributed by atoms with Gasteiger partial charge in [-0.25, -0.2) is 4.79 Å². The van der Waals surface area contributed by atoms with E-state index in [1.54, 1.807) is 6.92 Å². The molecule has 132 valence electrons. The Bertz CT molecular complexity index is 708. The maximum atomic E-state index is 12.0. The Morgan fingerprint density at radius 1 is 1.38 bits per heavy atom. The molecule has 2 N–H and O–H groups in total. The first-order chi connectivity index (χ1) is 11.2. The Morgan fingerprint density at radius 3 is 2.62 bits per heavy atom. The van der Waals surface area contributed by atoms with E-state index in [0.29, 0.717) is 5.69 Å². The summed E-state index contributed by atoms with van der Waals surface area (Å²) in [4.78, 5) is 37.9. The third kappa shape index (κ3) is 3.82. The third-order valence-corrected chi connectivity index (χ3v) is 3.77. The number of halogens is 1. The highest BCUT2D eigenvalue weighted by Gasteiger charge is 2.48. The molecule has 1 aliphatic rings. The fourth-order valence-corrected chi connectivity index (χ4v) is 2.59. The van der Waals surface area contributed by atoms with Gasteiger partial charge in [-0.1, -0.05) is 0 Å². The van der Waals surface area contributed by atoms with Gasteiger partial charge in [0.2, 0.25) is 0 Å². The number of aromatic nitrogens is 3. The number of rotatable bonds is 4. The number of nitrogen functional groups attached to an aromatic ring is 1. The SMILES string of the molecule is CC(=O)OC[C@H]1O[C@@H](n2nc(C)c(N)nc2=O)[C@H](Cl)[C@@H]1OC(C)=O. The lowest BCUT2D eigenvalue weighted by Gasteiger charge is -2.19. The second-order valence-electron chi connectivity index (χ2n) is 5.20. The van der Waals surface area contributed by atoms with Crippen molar-refractivity contribution in [3.63, 3.8) is 0 Å². The van der Waals surface area contributed by atoms with Gasteiger partial charge in [0, 0.05) is 13.8 Å². The number of nitrogens with two attached hydrogens (primary N) is 1. The molecule has 11 heteroatoms. The maximum Gasteiger partial charge on any atom is 0.368 e. The zero-order valence-corrected chi connectivity index (χ0v) is 14.0. The monoisotopic (exact) mass is 360 g/mol. The van der Waals surface area contributed by atoms with Crippen LogP contribution in [0.5, 0.6) is 0 Å². The Morgan fingerprint density at radius 2 is 2.04 bits per heavy atom. The van der Waals surface area contributed by atoms with E-state index in [0.717, 1.165) is 4.68 Å². The molecule has 0 saturated carbocycles. The molecule has 0 aromatic carbocycles. The second kappa shape index (κ2) is 7.14. The quantitative estimate of drug-likeness (QED) is 0.558. The lowest BCUT2D eigenvalue weighted by Crippen LogP contribution is -2.37. The van der Waals surface area contributed by atoms with E-state index >= 15 is 0 Å². The van der Waals surface area contributed by atoms with Crippen molar-refractivity contribution in [1.82, 2.24) is 14.8 Å². The zero-order chi connectivity index (χ0) is 18.0. The summed E-state index contributed by atoms with van der Waals surface area (Å²) < 4.78 is 16.6. The van der Waals surface area contributed by atoms with Gasteiger partial charge >= 0.3 is 17.6 Å². The fourth-order valence-electron chi connectivity index (χ4n) is 2.21. The van der Waals surface area contributed by atoms with Crippen LogP contribution in [0.15, 0.2) is 4.79 Å². The molecular formula is C13H17ClN4O6. The molecule has 24 heavy (non-hydrogen) atoms. The molecule has 0 bridgehead atoms. The van der Waals surface area contributed by atoms with Gasteiger partial charge in [-0.15, -0.1) is 11.6 Å². The van der Waals surface area contributed by atoms with Crippen LogP contribution in [0.25, 0.3) is 0 Å². The molecule has 0 spiro atoms. The minimum Gasteiger partial charge on any atom is -0.463 e. The smallest absolute Gasteiger partial charge is 0.368 e. The maximum absolute atomic E-state index is 12.0. The van der Waals surface area contributed by atoms with Crippen LogP contribution in [-0.4, -0.2) is 50.9 Å². The van der Waals surface area contributed by atoms with E-state index < -0.39 is 41.4 Å². The highest BCUT2D eigenvalue weighted by molar-refractivity contribution is 6.21. The first kappa shape index (κ1) is 18.1. The predicted molar refractivity (Wildman–Crippen MR) is 81.2 cm³/mol. The van der Waals surface area contributed by atoms with E-state index in [9.17, 15) is 14.4 Å². The zero-order valence-electron chi connectivity index (χ0n) is 13.3. The molecule has 0 radical (unpaired) electrons. The summed E-state index contributed by atoms with van der Waals surface area (Å²) in [7, 11) is 0. The van der Waals surface area contributed by atoms with Gasteiger partial charge in [-0.05, 0) is 6.92 Å². The Kier molecular flexibility index (Phi) is 5.40. The molecule has 1 fully saturated rings. The Hall–Kier alpha value is -2.20. The second-order valence-corrected chi connectivity index (χ2v) is 5.70. The van der Waals surface area contributed by atoms with E-state index in [1.807, 2.05) is 0 Å². The Labute approximate surface area is 141 Å². The molecule has 1 aromatic rings. The average molecular weight is 361 g/mol. The van der Waals surface area contributed by atoms with Crippen LogP contribution in [-0.2, 0) is 23.8 Å². The lowest BCUT2D eigenvalue weighted by atomic mass is 10.2. The van der Waals surface area contributed by atoms with Crippen molar-refractivity contribution >= 4 is 29.4 Å². The van der Waals surface area contributed by atoms with Gasteiger partial charge in [0.1, 0.15) is 23.8 Å². The number of esters is 2. The van der Waals surface area contributed by atoms with E-state index in [-0.39, 0.29) is 12.4 Å². The van der Waals surface area contributed by atoms with E-state index in [1.165, 1.54) is 13.8 Å². The molecule has 10 nitrogen and oxygen atoms in total. The van der Waals surface area contributed by atoms with Crippen molar-refractivity contribution in [2.24, 2.45) is 0 Å². The van der Waals surface area contributed by atoms with Crippen LogP contribution in [0.4, 0.5) is 5.82 Å². The van der Waals surface area contributed by atoms with Gasteiger partial charge < -0.3 is 19.9 Å². The molecule has 4 atom stereocenters. The van der Waals surface area contributed by atoms with Gasteiger partial charge in [0.25, 0.3) is 0 Å². The van der Waals surface area contributed by atoms with Crippen molar-refractivity contribution < 1.29 is 23.8 Å². The van der Waals surface area contributed by atoms with Crippen molar-refractivity contribution in [3.8, 4) is 0 Å². The first-order valence-corrected chi connectivity index (χ1v) is 7.47. The van der Waals surface area contributed by atoms with Crippen LogP contribution < -0.4 is 11.4 Å². The van der Waals surface area contributed by atoms with E-state index in [4.69, 9.17) is 31.5 Å². The summed E-state index contributed by atoms with van der Waals surface area (Å²) >= 11 is 6.30. The van der Waals surface area contributed by atoms with Gasteiger partial charge in [-0.2, -0.15) is 14.8 Å². The number of alkyl halides is 1. The molecule has 2 rings (SSSR count). The number of hydrogen-bond donors (Lipinski definition) is 1. The molecule has 1 aromatic heterocycles. The highest BCUT2D eigenvalue weighted by Crippen LogP contribution is 2.34. The van der Waals surface area contributed by atoms with Gasteiger partial charge in [0.05, 0.1) is 0 Å². The summed E-state index contributed by atoms with van der Waals surface area (Å²) in [5, 5.41) is 3.07. The normalized spacial score (nSPS) is 26.2. The summed E-state index contributed by atoms with van der Waals surface area (Å²) in [6.45, 7) is 3.81. The molecule has 1 saturated heterocycles. The fraction of sp³-hybridized carbons (Fsp3) is 0.615. The average Bonchev–Trinajstić information content (AvgIpc) is 2.77. The highest BCUT2D eigenvalue weighted by atomic mass is 35.5. The molecule has 1 aliphatic heterocycles. The minimum atomic E-state index is -1.06.